The van der Waals surface area contributed by atoms with Crippen LogP contribution in [-0.2, 0) is 0 Å². The molecule has 1 rings (SSSR count). The maximum absolute atomic E-state index is 4.14. The Morgan fingerprint density at radius 2 is 2.50 bits per heavy atom. The summed E-state index contributed by atoms with van der Waals surface area (Å²) in [6, 6.07) is 0. The van der Waals surface area contributed by atoms with Crippen LogP contribution in [0.25, 0.3) is 0 Å². The highest BCUT2D eigenvalue weighted by molar-refractivity contribution is 5.71. The van der Waals surface area contributed by atoms with E-state index in [0.29, 0.717) is 0 Å². The zero-order valence-corrected chi connectivity index (χ0v) is 5.17. The van der Waals surface area contributed by atoms with Crippen molar-refractivity contribution in [2.24, 2.45) is 10.9 Å². The molecule has 1 aliphatic rings. The smallest absolute Gasteiger partial charge is 0.0417 e. The minimum absolute atomic E-state index is 0.741. The van der Waals surface area contributed by atoms with Crippen LogP contribution in [0, 0.1) is 5.92 Å². The van der Waals surface area contributed by atoms with Crippen LogP contribution in [0.1, 0.15) is 13.3 Å². The molecule has 0 saturated carbocycles. The molecule has 0 N–H and O–H groups in total. The standard InChI is InChI=1S/C7H11N/c1-7-4-2-3-5-8-6-7/h2-3,5,7H,4,6H2,1H3. The first-order valence-corrected chi connectivity index (χ1v) is 3.04. The predicted octanol–water partition coefficient (Wildman–Crippen LogP) is 1.65. The van der Waals surface area contributed by atoms with Crippen molar-refractivity contribution in [1.82, 2.24) is 0 Å². The number of hydrogen-bond donors (Lipinski definition) is 0. The fraction of sp³-hybridized carbons (Fsp3) is 0.571. The summed E-state index contributed by atoms with van der Waals surface area (Å²) in [6.07, 6.45) is 7.24. The molecular weight excluding hydrogens is 98.1 g/mol. The van der Waals surface area contributed by atoms with Gasteiger partial charge >= 0.3 is 0 Å². The monoisotopic (exact) mass is 109 g/mol. The summed E-state index contributed by atoms with van der Waals surface area (Å²) < 4.78 is 0. The van der Waals surface area contributed by atoms with Crippen LogP contribution in [0.4, 0.5) is 0 Å². The van der Waals surface area contributed by atoms with Gasteiger partial charge in [-0.15, -0.1) is 0 Å². The normalized spacial score (nSPS) is 27.9. The molecule has 0 spiro atoms. The second kappa shape index (κ2) is 2.65. The van der Waals surface area contributed by atoms with Crippen LogP contribution in [0.15, 0.2) is 17.1 Å². The van der Waals surface area contributed by atoms with Crippen molar-refractivity contribution in [1.29, 1.82) is 0 Å². The Morgan fingerprint density at radius 3 is 3.38 bits per heavy atom. The molecule has 0 aliphatic carbocycles. The van der Waals surface area contributed by atoms with Gasteiger partial charge in [-0.2, -0.15) is 0 Å². The molecule has 0 saturated heterocycles. The quantitative estimate of drug-likeness (QED) is 0.448. The average molecular weight is 109 g/mol. The molecule has 0 amide bonds. The first kappa shape index (κ1) is 5.54. The number of rotatable bonds is 0. The lowest BCUT2D eigenvalue weighted by molar-refractivity contribution is 0.612. The predicted molar refractivity (Wildman–Crippen MR) is 36.3 cm³/mol. The lowest BCUT2D eigenvalue weighted by Crippen LogP contribution is -1.94. The number of allylic oxidation sites excluding steroid dienone is 2. The Balaban J connectivity index is 2.45. The lowest BCUT2D eigenvalue weighted by Gasteiger charge is -1.99. The summed E-state index contributed by atoms with van der Waals surface area (Å²) >= 11 is 0. The van der Waals surface area contributed by atoms with E-state index in [0.717, 1.165) is 12.5 Å². The van der Waals surface area contributed by atoms with Gasteiger partial charge in [0.2, 0.25) is 0 Å². The van der Waals surface area contributed by atoms with E-state index in [1.165, 1.54) is 6.42 Å². The molecule has 0 aromatic rings. The summed E-state index contributed by atoms with van der Waals surface area (Å²) in [5.74, 6) is 0.741. The van der Waals surface area contributed by atoms with Crippen molar-refractivity contribution < 1.29 is 0 Å². The molecule has 1 aliphatic heterocycles. The van der Waals surface area contributed by atoms with Crippen LogP contribution >= 0.6 is 0 Å². The maximum atomic E-state index is 4.14. The van der Waals surface area contributed by atoms with Crippen LogP contribution in [-0.4, -0.2) is 12.8 Å². The highest BCUT2D eigenvalue weighted by Crippen LogP contribution is 2.04. The first-order valence-electron chi connectivity index (χ1n) is 3.04. The summed E-state index contributed by atoms with van der Waals surface area (Å²) in [7, 11) is 0. The van der Waals surface area contributed by atoms with E-state index in [2.05, 4.69) is 18.0 Å². The number of nitrogens with zero attached hydrogens (tertiary/aromatic N) is 1. The molecule has 0 radical (unpaired) electrons. The minimum Gasteiger partial charge on any atom is -0.293 e. The largest absolute Gasteiger partial charge is 0.293 e. The van der Waals surface area contributed by atoms with E-state index < -0.39 is 0 Å². The molecule has 1 atom stereocenters. The van der Waals surface area contributed by atoms with Gasteiger partial charge in [0.05, 0.1) is 0 Å². The fourth-order valence-electron chi connectivity index (χ4n) is 0.748. The van der Waals surface area contributed by atoms with Crippen molar-refractivity contribution in [2.45, 2.75) is 13.3 Å². The van der Waals surface area contributed by atoms with Crippen molar-refractivity contribution in [3.63, 3.8) is 0 Å². The van der Waals surface area contributed by atoms with Crippen LogP contribution in [0.2, 0.25) is 0 Å². The van der Waals surface area contributed by atoms with Crippen LogP contribution in [0.5, 0.6) is 0 Å². The highest BCUT2D eigenvalue weighted by Gasteiger charge is 1.97. The molecule has 1 nitrogen and oxygen atoms in total. The van der Waals surface area contributed by atoms with E-state index in [9.17, 15) is 0 Å². The summed E-state index contributed by atoms with van der Waals surface area (Å²) in [6.45, 7) is 3.21. The summed E-state index contributed by atoms with van der Waals surface area (Å²) in [5.41, 5.74) is 0. The van der Waals surface area contributed by atoms with Crippen LogP contribution in [0.3, 0.4) is 0 Å². The number of hydrogen-bond acceptors (Lipinski definition) is 1. The molecule has 0 bridgehead atoms. The third kappa shape index (κ3) is 1.49. The minimum atomic E-state index is 0.741. The second-order valence-corrected chi connectivity index (χ2v) is 2.28. The van der Waals surface area contributed by atoms with Crippen molar-refractivity contribution >= 4 is 6.21 Å². The van der Waals surface area contributed by atoms with E-state index in [1.54, 1.807) is 0 Å². The molecule has 0 fully saturated rings. The van der Waals surface area contributed by atoms with Crippen molar-refractivity contribution in [3.8, 4) is 0 Å². The van der Waals surface area contributed by atoms with Gasteiger partial charge in [-0.3, -0.25) is 4.99 Å². The zero-order valence-electron chi connectivity index (χ0n) is 5.17. The molecule has 0 aromatic heterocycles. The molecule has 44 valence electrons. The van der Waals surface area contributed by atoms with Gasteiger partial charge in [0.1, 0.15) is 0 Å². The molecule has 1 heterocycles. The molecule has 8 heavy (non-hydrogen) atoms. The SMILES string of the molecule is CC1CC=CC=NC1. The third-order valence-electron chi connectivity index (χ3n) is 1.28. The van der Waals surface area contributed by atoms with Gasteiger partial charge < -0.3 is 0 Å². The van der Waals surface area contributed by atoms with Crippen LogP contribution < -0.4 is 0 Å². The Morgan fingerprint density at radius 1 is 1.62 bits per heavy atom. The van der Waals surface area contributed by atoms with Gasteiger partial charge in [0.25, 0.3) is 0 Å². The third-order valence-corrected chi connectivity index (χ3v) is 1.28. The molecule has 0 aromatic carbocycles. The van der Waals surface area contributed by atoms with Crippen molar-refractivity contribution in [2.75, 3.05) is 6.54 Å². The summed E-state index contributed by atoms with van der Waals surface area (Å²) in [5, 5.41) is 0. The van der Waals surface area contributed by atoms with E-state index in [-0.39, 0.29) is 0 Å². The Hall–Kier alpha value is -0.590. The maximum Gasteiger partial charge on any atom is 0.0417 e. The topological polar surface area (TPSA) is 12.4 Å². The average Bonchev–Trinajstić information content (AvgIpc) is 1.94. The van der Waals surface area contributed by atoms with E-state index in [4.69, 9.17) is 0 Å². The lowest BCUT2D eigenvalue weighted by atomic mass is 10.1. The highest BCUT2D eigenvalue weighted by atomic mass is 14.7. The van der Waals surface area contributed by atoms with Gasteiger partial charge in [-0.1, -0.05) is 13.0 Å². The molecule has 1 heteroatoms. The van der Waals surface area contributed by atoms with Gasteiger partial charge in [-0.25, -0.2) is 0 Å². The van der Waals surface area contributed by atoms with E-state index >= 15 is 0 Å². The van der Waals surface area contributed by atoms with Crippen molar-refractivity contribution in [3.05, 3.63) is 12.2 Å². The van der Waals surface area contributed by atoms with Gasteiger partial charge in [-0.05, 0) is 18.4 Å². The van der Waals surface area contributed by atoms with E-state index in [1.807, 2.05) is 12.3 Å². The zero-order chi connectivity index (χ0) is 5.82. The number of aliphatic imine (C=N–C) groups is 1. The fourth-order valence-corrected chi connectivity index (χ4v) is 0.748. The first-order chi connectivity index (χ1) is 3.89. The summed E-state index contributed by atoms with van der Waals surface area (Å²) in [4.78, 5) is 4.14. The Bertz CT molecular complexity index is 99.6. The Labute approximate surface area is 50.1 Å². The van der Waals surface area contributed by atoms with Gasteiger partial charge in [0, 0.05) is 12.8 Å². The molecule has 1 unspecified atom stereocenters. The van der Waals surface area contributed by atoms with Gasteiger partial charge in [0.15, 0.2) is 0 Å². The second-order valence-electron chi connectivity index (χ2n) is 2.28. The molecular formula is C7H11N. The Kier molecular flexibility index (Phi) is 1.84.